The number of carboxylic acids is 1. The fourth-order valence-electron chi connectivity index (χ4n) is 1.44. The fraction of sp³-hybridized carbons (Fsp3) is 0.417. The zero-order valence-corrected chi connectivity index (χ0v) is 10.2. The highest BCUT2D eigenvalue weighted by Crippen LogP contribution is 2.06. The molecule has 0 aliphatic carbocycles. The van der Waals surface area contributed by atoms with Crippen LogP contribution in [-0.2, 0) is 16.1 Å². The highest BCUT2D eigenvalue weighted by Gasteiger charge is 2.24. The molecule has 1 atom stereocenters. The molecule has 1 aromatic heterocycles. The third-order valence-corrected chi connectivity index (χ3v) is 2.46. The van der Waals surface area contributed by atoms with Gasteiger partial charge in [-0.1, -0.05) is 6.07 Å². The second-order valence-electron chi connectivity index (χ2n) is 4.02. The van der Waals surface area contributed by atoms with E-state index in [9.17, 15) is 9.59 Å². The lowest BCUT2D eigenvalue weighted by Gasteiger charge is -2.19. The van der Waals surface area contributed by atoms with E-state index in [0.717, 1.165) is 11.4 Å². The van der Waals surface area contributed by atoms with Gasteiger partial charge in [-0.15, -0.1) is 0 Å². The second kappa shape index (κ2) is 5.43. The molecule has 0 aliphatic heterocycles. The van der Waals surface area contributed by atoms with Gasteiger partial charge in [-0.3, -0.25) is 14.6 Å². The van der Waals surface area contributed by atoms with Gasteiger partial charge in [0.15, 0.2) is 0 Å². The van der Waals surface area contributed by atoms with Crippen LogP contribution in [0.4, 0.5) is 0 Å². The molecule has 0 aromatic carbocycles. The van der Waals surface area contributed by atoms with Crippen molar-refractivity contribution < 1.29 is 14.7 Å². The van der Waals surface area contributed by atoms with Crippen molar-refractivity contribution in [3.05, 3.63) is 29.6 Å². The molecule has 0 radical (unpaired) electrons. The van der Waals surface area contributed by atoms with Crippen molar-refractivity contribution in [3.8, 4) is 0 Å². The summed E-state index contributed by atoms with van der Waals surface area (Å²) in [6.07, 6.45) is 0. The maximum Gasteiger partial charge on any atom is 0.315 e. The third-order valence-electron chi connectivity index (χ3n) is 2.46. The van der Waals surface area contributed by atoms with Crippen LogP contribution in [-0.4, -0.2) is 33.9 Å². The predicted molar refractivity (Wildman–Crippen MR) is 62.2 cm³/mol. The Hall–Kier alpha value is -1.91. The molecule has 0 saturated carbocycles. The number of aryl methyl sites for hydroxylation is 1. The van der Waals surface area contributed by atoms with Crippen molar-refractivity contribution in [2.75, 3.05) is 7.05 Å². The Morgan fingerprint density at radius 1 is 1.47 bits per heavy atom. The standard InChI is InChI=1S/C12H16N2O3/c1-8-5-4-6-10(13-8)7-14(3)11(15)9(2)12(16)17/h4-6,9H,7H2,1-3H3,(H,16,17). The van der Waals surface area contributed by atoms with Gasteiger partial charge in [0.1, 0.15) is 5.92 Å². The number of nitrogens with zero attached hydrogens (tertiary/aromatic N) is 2. The fourth-order valence-corrected chi connectivity index (χ4v) is 1.44. The van der Waals surface area contributed by atoms with Gasteiger partial charge in [-0.05, 0) is 26.0 Å². The third kappa shape index (κ3) is 3.55. The number of amides is 1. The Morgan fingerprint density at radius 2 is 2.12 bits per heavy atom. The molecule has 0 aliphatic rings. The lowest BCUT2D eigenvalue weighted by Crippen LogP contribution is -2.35. The molecule has 0 bridgehead atoms. The molecule has 1 heterocycles. The Kier molecular flexibility index (Phi) is 4.20. The number of carbonyl (C=O) groups excluding carboxylic acids is 1. The van der Waals surface area contributed by atoms with E-state index in [-0.39, 0.29) is 0 Å². The van der Waals surface area contributed by atoms with Crippen LogP contribution >= 0.6 is 0 Å². The van der Waals surface area contributed by atoms with Gasteiger partial charge in [0.2, 0.25) is 5.91 Å². The summed E-state index contributed by atoms with van der Waals surface area (Å²) in [6.45, 7) is 3.56. The molecule has 1 N–H and O–H groups in total. The number of pyridine rings is 1. The van der Waals surface area contributed by atoms with Crippen molar-refractivity contribution in [1.29, 1.82) is 0 Å². The summed E-state index contributed by atoms with van der Waals surface area (Å²) in [6, 6.07) is 5.53. The number of aliphatic carboxylic acids is 1. The number of carbonyl (C=O) groups is 2. The van der Waals surface area contributed by atoms with Gasteiger partial charge < -0.3 is 10.0 Å². The molecular formula is C12H16N2O3. The van der Waals surface area contributed by atoms with Crippen LogP contribution in [0, 0.1) is 12.8 Å². The lowest BCUT2D eigenvalue weighted by molar-refractivity contribution is -0.149. The molecule has 17 heavy (non-hydrogen) atoms. The van der Waals surface area contributed by atoms with E-state index in [1.165, 1.54) is 11.8 Å². The van der Waals surface area contributed by atoms with Gasteiger partial charge in [-0.2, -0.15) is 0 Å². The Balaban J connectivity index is 2.69. The summed E-state index contributed by atoms with van der Waals surface area (Å²) in [5, 5.41) is 8.75. The van der Waals surface area contributed by atoms with E-state index in [1.54, 1.807) is 7.05 Å². The zero-order chi connectivity index (χ0) is 13.0. The Bertz CT molecular complexity index is 432. The minimum atomic E-state index is -1.11. The van der Waals surface area contributed by atoms with E-state index in [2.05, 4.69) is 4.98 Å². The van der Waals surface area contributed by atoms with Crippen molar-refractivity contribution >= 4 is 11.9 Å². The lowest BCUT2D eigenvalue weighted by atomic mass is 10.1. The highest BCUT2D eigenvalue weighted by atomic mass is 16.4. The normalized spacial score (nSPS) is 11.9. The second-order valence-corrected chi connectivity index (χ2v) is 4.02. The van der Waals surface area contributed by atoms with Crippen LogP contribution in [0.15, 0.2) is 18.2 Å². The Morgan fingerprint density at radius 3 is 2.65 bits per heavy atom. The smallest absolute Gasteiger partial charge is 0.315 e. The SMILES string of the molecule is Cc1cccc(CN(C)C(=O)C(C)C(=O)O)n1. The summed E-state index contributed by atoms with van der Waals surface area (Å²) in [7, 11) is 1.58. The van der Waals surface area contributed by atoms with Crippen LogP contribution in [0.5, 0.6) is 0 Å². The van der Waals surface area contributed by atoms with Gasteiger partial charge in [-0.25, -0.2) is 0 Å². The first kappa shape index (κ1) is 13.2. The average molecular weight is 236 g/mol. The molecule has 5 nitrogen and oxygen atoms in total. The molecule has 1 unspecified atom stereocenters. The molecule has 1 amide bonds. The van der Waals surface area contributed by atoms with Crippen LogP contribution in [0.1, 0.15) is 18.3 Å². The van der Waals surface area contributed by atoms with Crippen LogP contribution < -0.4 is 0 Å². The first-order valence-electron chi connectivity index (χ1n) is 5.32. The minimum absolute atomic E-state index is 0.318. The maximum absolute atomic E-state index is 11.7. The van der Waals surface area contributed by atoms with Crippen molar-refractivity contribution in [2.45, 2.75) is 20.4 Å². The van der Waals surface area contributed by atoms with Crippen molar-refractivity contribution in [2.24, 2.45) is 5.92 Å². The summed E-state index contributed by atoms with van der Waals surface area (Å²) in [4.78, 5) is 28.0. The number of rotatable bonds is 4. The predicted octanol–water partition coefficient (Wildman–Crippen LogP) is 1.07. The number of carboxylic acid groups (broad SMARTS) is 1. The molecule has 0 spiro atoms. The molecule has 0 fully saturated rings. The van der Waals surface area contributed by atoms with Crippen LogP contribution in [0.25, 0.3) is 0 Å². The van der Waals surface area contributed by atoms with Crippen molar-refractivity contribution in [1.82, 2.24) is 9.88 Å². The van der Waals surface area contributed by atoms with Gasteiger partial charge in [0, 0.05) is 12.7 Å². The highest BCUT2D eigenvalue weighted by molar-refractivity contribution is 5.96. The average Bonchev–Trinajstić information content (AvgIpc) is 2.26. The first-order chi connectivity index (χ1) is 7.91. The summed E-state index contributed by atoms with van der Waals surface area (Å²) in [5.74, 6) is -2.55. The molecule has 5 heteroatoms. The van der Waals surface area contributed by atoms with Crippen LogP contribution in [0.3, 0.4) is 0 Å². The molecule has 0 saturated heterocycles. The number of aromatic nitrogens is 1. The van der Waals surface area contributed by atoms with E-state index < -0.39 is 17.8 Å². The largest absolute Gasteiger partial charge is 0.481 e. The van der Waals surface area contributed by atoms with E-state index in [0.29, 0.717) is 6.54 Å². The molecular weight excluding hydrogens is 220 g/mol. The number of hydrogen-bond donors (Lipinski definition) is 1. The Labute approximate surface area is 100 Å². The molecule has 1 rings (SSSR count). The molecule has 1 aromatic rings. The van der Waals surface area contributed by atoms with Gasteiger partial charge >= 0.3 is 5.97 Å². The van der Waals surface area contributed by atoms with Crippen LogP contribution in [0.2, 0.25) is 0 Å². The van der Waals surface area contributed by atoms with Gasteiger partial charge in [0.05, 0.1) is 12.2 Å². The summed E-state index contributed by atoms with van der Waals surface area (Å²) in [5.41, 5.74) is 1.62. The maximum atomic E-state index is 11.7. The van der Waals surface area contributed by atoms with Crippen molar-refractivity contribution in [3.63, 3.8) is 0 Å². The van der Waals surface area contributed by atoms with E-state index >= 15 is 0 Å². The topological polar surface area (TPSA) is 70.5 Å². The monoisotopic (exact) mass is 236 g/mol. The van der Waals surface area contributed by atoms with E-state index in [4.69, 9.17) is 5.11 Å². The summed E-state index contributed by atoms with van der Waals surface area (Å²) < 4.78 is 0. The molecule has 92 valence electrons. The number of hydrogen-bond acceptors (Lipinski definition) is 3. The quantitative estimate of drug-likeness (QED) is 0.794. The zero-order valence-electron chi connectivity index (χ0n) is 10.2. The summed E-state index contributed by atoms with van der Waals surface area (Å²) >= 11 is 0. The first-order valence-corrected chi connectivity index (χ1v) is 5.32. The minimum Gasteiger partial charge on any atom is -0.481 e. The van der Waals surface area contributed by atoms with E-state index in [1.807, 2.05) is 25.1 Å². The van der Waals surface area contributed by atoms with Gasteiger partial charge in [0.25, 0.3) is 0 Å².